The predicted molar refractivity (Wildman–Crippen MR) is 59.7 cm³/mol. The van der Waals surface area contributed by atoms with Crippen molar-refractivity contribution >= 4 is 15.9 Å². The van der Waals surface area contributed by atoms with Crippen LogP contribution in [-0.2, 0) is 5.41 Å². The fourth-order valence-corrected chi connectivity index (χ4v) is 3.68. The van der Waals surface area contributed by atoms with E-state index < -0.39 is 0 Å². The van der Waals surface area contributed by atoms with Crippen LogP contribution in [0.5, 0.6) is 0 Å². The molecule has 0 unspecified atom stereocenters. The van der Waals surface area contributed by atoms with Crippen LogP contribution in [-0.4, -0.2) is 4.32 Å². The summed E-state index contributed by atoms with van der Waals surface area (Å²) in [7, 11) is 0. The van der Waals surface area contributed by atoms with Gasteiger partial charge in [-0.2, -0.15) is 0 Å². The number of furan rings is 1. The minimum absolute atomic E-state index is 0.388. The van der Waals surface area contributed by atoms with Gasteiger partial charge in [0.1, 0.15) is 5.76 Å². The standard InChI is InChI=1S/C12H15BrO/c13-12-6-3-11(4-7-12,5-8-12)10-2-1-9-14-10/h1-2,9H,3-8H2. The molecule has 0 aromatic carbocycles. The Morgan fingerprint density at radius 1 is 1.07 bits per heavy atom. The summed E-state index contributed by atoms with van der Waals surface area (Å²) < 4.78 is 6.08. The molecule has 3 saturated carbocycles. The molecule has 0 radical (unpaired) electrons. The Labute approximate surface area is 93.0 Å². The van der Waals surface area contributed by atoms with E-state index in [1.807, 2.05) is 12.3 Å². The molecule has 3 aliphatic rings. The van der Waals surface area contributed by atoms with Gasteiger partial charge in [0.25, 0.3) is 0 Å². The average molecular weight is 255 g/mol. The first kappa shape index (κ1) is 9.02. The monoisotopic (exact) mass is 254 g/mol. The zero-order valence-corrected chi connectivity index (χ0v) is 9.85. The summed E-state index contributed by atoms with van der Waals surface area (Å²) in [5.41, 5.74) is 0.388. The molecule has 0 atom stereocenters. The van der Waals surface area contributed by atoms with E-state index in [1.165, 1.54) is 44.3 Å². The first-order valence-electron chi connectivity index (χ1n) is 5.46. The summed E-state index contributed by atoms with van der Waals surface area (Å²) in [4.78, 5) is 0. The summed E-state index contributed by atoms with van der Waals surface area (Å²) >= 11 is 3.89. The van der Waals surface area contributed by atoms with Gasteiger partial charge in [-0.05, 0) is 50.7 Å². The van der Waals surface area contributed by atoms with Crippen LogP contribution in [0.25, 0.3) is 0 Å². The van der Waals surface area contributed by atoms with Gasteiger partial charge in [-0.15, -0.1) is 0 Å². The van der Waals surface area contributed by atoms with Crippen molar-refractivity contribution in [1.82, 2.24) is 0 Å². The van der Waals surface area contributed by atoms with Crippen molar-refractivity contribution in [1.29, 1.82) is 0 Å². The van der Waals surface area contributed by atoms with Crippen LogP contribution in [0.2, 0.25) is 0 Å². The molecule has 0 amide bonds. The quantitative estimate of drug-likeness (QED) is 0.691. The van der Waals surface area contributed by atoms with Gasteiger partial charge >= 0.3 is 0 Å². The molecule has 1 nitrogen and oxygen atoms in total. The second kappa shape index (κ2) is 2.88. The molecular weight excluding hydrogens is 240 g/mol. The number of hydrogen-bond acceptors (Lipinski definition) is 1. The van der Waals surface area contributed by atoms with Crippen molar-refractivity contribution in [2.45, 2.75) is 48.3 Å². The van der Waals surface area contributed by atoms with Gasteiger partial charge in [0.2, 0.25) is 0 Å². The lowest BCUT2D eigenvalue weighted by molar-refractivity contribution is 0.138. The Bertz CT molecular complexity index is 304. The third-order valence-corrected chi connectivity index (χ3v) is 5.39. The molecule has 0 N–H and O–H groups in total. The van der Waals surface area contributed by atoms with E-state index in [4.69, 9.17) is 4.42 Å². The van der Waals surface area contributed by atoms with Gasteiger partial charge in [-0.3, -0.25) is 0 Å². The fraction of sp³-hybridized carbons (Fsp3) is 0.667. The molecule has 4 rings (SSSR count). The number of rotatable bonds is 1. The molecule has 0 saturated heterocycles. The van der Waals surface area contributed by atoms with Crippen LogP contribution >= 0.6 is 15.9 Å². The lowest BCUT2D eigenvalue weighted by atomic mass is 9.59. The molecule has 2 heteroatoms. The lowest BCUT2D eigenvalue weighted by Gasteiger charge is -2.49. The number of halogens is 1. The van der Waals surface area contributed by atoms with Crippen LogP contribution in [0.15, 0.2) is 22.8 Å². The van der Waals surface area contributed by atoms with Crippen LogP contribution in [0.1, 0.15) is 44.3 Å². The molecule has 3 fully saturated rings. The third-order valence-electron chi connectivity index (χ3n) is 4.20. The number of fused-ring (bicyclic) bond motifs is 3. The Morgan fingerprint density at radius 3 is 2.21 bits per heavy atom. The highest BCUT2D eigenvalue weighted by Gasteiger charge is 2.49. The summed E-state index contributed by atoms with van der Waals surface area (Å²) in [6, 6.07) is 4.18. The molecule has 3 aliphatic carbocycles. The molecule has 0 aliphatic heterocycles. The topological polar surface area (TPSA) is 13.1 Å². The van der Waals surface area contributed by atoms with E-state index in [1.54, 1.807) is 0 Å². The van der Waals surface area contributed by atoms with Crippen LogP contribution in [0, 0.1) is 0 Å². The fourth-order valence-electron chi connectivity index (χ4n) is 3.09. The van der Waals surface area contributed by atoms with Gasteiger partial charge in [-0.1, -0.05) is 15.9 Å². The largest absolute Gasteiger partial charge is 0.469 e. The van der Waals surface area contributed by atoms with Gasteiger partial charge in [0.15, 0.2) is 0 Å². The first-order valence-corrected chi connectivity index (χ1v) is 6.25. The van der Waals surface area contributed by atoms with E-state index in [2.05, 4.69) is 22.0 Å². The van der Waals surface area contributed by atoms with Crippen molar-refractivity contribution in [3.63, 3.8) is 0 Å². The highest BCUT2D eigenvalue weighted by molar-refractivity contribution is 9.10. The molecule has 1 aromatic heterocycles. The Morgan fingerprint density at radius 2 is 1.71 bits per heavy atom. The molecule has 76 valence electrons. The molecule has 1 aromatic rings. The van der Waals surface area contributed by atoms with Gasteiger partial charge in [0.05, 0.1) is 6.26 Å². The van der Waals surface area contributed by atoms with Crippen molar-refractivity contribution in [3.8, 4) is 0 Å². The number of alkyl halides is 1. The highest BCUT2D eigenvalue weighted by Crippen LogP contribution is 2.56. The third kappa shape index (κ3) is 1.19. The van der Waals surface area contributed by atoms with Crippen LogP contribution in [0.3, 0.4) is 0 Å². The smallest absolute Gasteiger partial charge is 0.109 e. The molecular formula is C12H15BrO. The second-order valence-corrected chi connectivity index (χ2v) is 6.59. The molecule has 0 spiro atoms. The van der Waals surface area contributed by atoms with Gasteiger partial charge in [0, 0.05) is 9.74 Å². The number of hydrogen-bond donors (Lipinski definition) is 0. The average Bonchev–Trinajstić information content (AvgIpc) is 2.73. The van der Waals surface area contributed by atoms with E-state index in [0.717, 1.165) is 0 Å². The maximum Gasteiger partial charge on any atom is 0.109 e. The Hall–Kier alpha value is -0.240. The van der Waals surface area contributed by atoms with E-state index >= 15 is 0 Å². The van der Waals surface area contributed by atoms with E-state index in [0.29, 0.717) is 9.74 Å². The molecule has 2 bridgehead atoms. The maximum atomic E-state index is 5.61. The van der Waals surface area contributed by atoms with Crippen LogP contribution < -0.4 is 0 Å². The van der Waals surface area contributed by atoms with E-state index in [-0.39, 0.29) is 0 Å². The second-order valence-electron chi connectivity index (χ2n) is 4.91. The van der Waals surface area contributed by atoms with Gasteiger partial charge in [-0.25, -0.2) is 0 Å². The van der Waals surface area contributed by atoms with Crippen molar-refractivity contribution < 1.29 is 4.42 Å². The van der Waals surface area contributed by atoms with Crippen molar-refractivity contribution in [2.75, 3.05) is 0 Å². The minimum atomic E-state index is 0.388. The Balaban J connectivity index is 1.93. The minimum Gasteiger partial charge on any atom is -0.469 e. The zero-order chi connectivity index (χ0) is 9.65. The summed E-state index contributed by atoms with van der Waals surface area (Å²) in [6.45, 7) is 0. The van der Waals surface area contributed by atoms with Crippen molar-refractivity contribution in [2.24, 2.45) is 0 Å². The maximum absolute atomic E-state index is 5.61. The SMILES string of the molecule is BrC12CCC(c3ccco3)(CC1)CC2. The zero-order valence-electron chi connectivity index (χ0n) is 8.26. The summed E-state index contributed by atoms with van der Waals surface area (Å²) in [5, 5.41) is 0. The predicted octanol–water partition coefficient (Wildman–Crippen LogP) is 4.02. The van der Waals surface area contributed by atoms with Gasteiger partial charge < -0.3 is 4.42 Å². The van der Waals surface area contributed by atoms with Crippen LogP contribution in [0.4, 0.5) is 0 Å². The lowest BCUT2D eigenvalue weighted by Crippen LogP contribution is -2.44. The first-order chi connectivity index (χ1) is 6.73. The van der Waals surface area contributed by atoms with E-state index in [9.17, 15) is 0 Å². The van der Waals surface area contributed by atoms with Crippen molar-refractivity contribution in [3.05, 3.63) is 24.2 Å². The Kier molecular flexibility index (Phi) is 1.85. The molecule has 14 heavy (non-hydrogen) atoms. The highest BCUT2D eigenvalue weighted by atomic mass is 79.9. The summed E-state index contributed by atoms with van der Waals surface area (Å²) in [5.74, 6) is 1.23. The summed E-state index contributed by atoms with van der Waals surface area (Å²) in [6.07, 6.45) is 9.65. The normalized spacial score (nSPS) is 41.5. The molecule has 1 heterocycles.